The Morgan fingerprint density at radius 2 is 2.00 bits per heavy atom. The molecule has 2 unspecified atom stereocenters. The van der Waals surface area contributed by atoms with E-state index in [4.69, 9.17) is 0 Å². The molecule has 3 aliphatic carbocycles. The fourth-order valence-electron chi connectivity index (χ4n) is 2.98. The first kappa shape index (κ1) is 7.43. The van der Waals surface area contributed by atoms with Crippen molar-refractivity contribution in [2.75, 3.05) is 0 Å². The van der Waals surface area contributed by atoms with Gasteiger partial charge in [0.1, 0.15) is 0 Å². The average molecular weight is 173 g/mol. The lowest BCUT2D eigenvalue weighted by atomic mass is 9.60. The molecule has 1 aromatic rings. The molecule has 68 valence electrons. The summed E-state index contributed by atoms with van der Waals surface area (Å²) in [4.78, 5) is 3.24. The highest BCUT2D eigenvalue weighted by Crippen LogP contribution is 2.54. The van der Waals surface area contributed by atoms with Crippen molar-refractivity contribution < 1.29 is 0 Å². The summed E-state index contributed by atoms with van der Waals surface area (Å²) in [6, 6.07) is 0. The summed E-state index contributed by atoms with van der Waals surface area (Å²) < 4.78 is 0. The molecule has 0 saturated carbocycles. The van der Waals surface area contributed by atoms with E-state index in [1.54, 1.807) is 0 Å². The first-order valence-corrected chi connectivity index (χ1v) is 5.03. The fraction of sp³-hybridized carbons (Fsp3) is 0.500. The van der Waals surface area contributed by atoms with Crippen LogP contribution in [0.3, 0.4) is 0 Å². The van der Waals surface area contributed by atoms with E-state index in [9.17, 15) is 0 Å². The minimum absolute atomic E-state index is 0.453. The van der Waals surface area contributed by atoms with Crippen LogP contribution in [0.25, 0.3) is 0 Å². The number of hydrogen-bond donors (Lipinski definition) is 1. The van der Waals surface area contributed by atoms with E-state index >= 15 is 0 Å². The summed E-state index contributed by atoms with van der Waals surface area (Å²) in [7, 11) is 0. The lowest BCUT2D eigenvalue weighted by molar-refractivity contribution is 0.252. The molecular weight excluding hydrogens is 158 g/mol. The van der Waals surface area contributed by atoms with Gasteiger partial charge in [-0.3, -0.25) is 0 Å². The molecule has 2 atom stereocenters. The number of aromatic nitrogens is 1. The molecule has 0 saturated heterocycles. The van der Waals surface area contributed by atoms with Crippen molar-refractivity contribution in [3.05, 3.63) is 35.7 Å². The molecule has 0 amide bonds. The lowest BCUT2D eigenvalue weighted by Gasteiger charge is -2.44. The Kier molecular flexibility index (Phi) is 1.19. The highest BCUT2D eigenvalue weighted by atomic mass is 14.7. The number of aromatic amines is 1. The summed E-state index contributed by atoms with van der Waals surface area (Å²) in [5.41, 5.74) is 3.52. The topological polar surface area (TPSA) is 15.8 Å². The molecule has 1 heterocycles. The predicted octanol–water partition coefficient (Wildman–Crippen LogP) is 3.18. The number of hydrogen-bond acceptors (Lipinski definition) is 0. The third-order valence-corrected chi connectivity index (χ3v) is 3.67. The molecule has 0 aliphatic heterocycles. The van der Waals surface area contributed by atoms with Gasteiger partial charge in [0, 0.05) is 24.2 Å². The van der Waals surface area contributed by atoms with E-state index < -0.39 is 0 Å². The van der Waals surface area contributed by atoms with Crippen molar-refractivity contribution in [1.82, 2.24) is 4.98 Å². The summed E-state index contributed by atoms with van der Waals surface area (Å²) in [6.45, 7) is 4.76. The van der Waals surface area contributed by atoms with Gasteiger partial charge in [-0.1, -0.05) is 26.0 Å². The Morgan fingerprint density at radius 3 is 2.77 bits per heavy atom. The molecule has 1 aromatic heterocycles. The molecule has 3 aliphatic rings. The molecule has 0 radical (unpaired) electrons. The Balaban J connectivity index is 2.22. The van der Waals surface area contributed by atoms with Gasteiger partial charge in [-0.2, -0.15) is 0 Å². The SMILES string of the molecule is CC1(C)CC2C=CC1c1c[nH]cc12. The van der Waals surface area contributed by atoms with Gasteiger partial charge < -0.3 is 4.98 Å². The summed E-state index contributed by atoms with van der Waals surface area (Å²) >= 11 is 0. The fourth-order valence-corrected chi connectivity index (χ4v) is 2.98. The van der Waals surface area contributed by atoms with Crippen molar-refractivity contribution in [2.24, 2.45) is 5.41 Å². The van der Waals surface area contributed by atoms with Gasteiger partial charge in [-0.25, -0.2) is 0 Å². The minimum Gasteiger partial charge on any atom is -0.367 e. The maximum absolute atomic E-state index is 3.24. The zero-order valence-corrected chi connectivity index (χ0v) is 8.17. The van der Waals surface area contributed by atoms with E-state index in [-0.39, 0.29) is 0 Å². The van der Waals surface area contributed by atoms with Crippen LogP contribution in [0.4, 0.5) is 0 Å². The second kappa shape index (κ2) is 2.09. The molecule has 2 bridgehead atoms. The first-order chi connectivity index (χ1) is 6.18. The van der Waals surface area contributed by atoms with Crippen molar-refractivity contribution >= 4 is 0 Å². The zero-order chi connectivity index (χ0) is 9.05. The van der Waals surface area contributed by atoms with Gasteiger partial charge in [0.25, 0.3) is 0 Å². The van der Waals surface area contributed by atoms with Gasteiger partial charge in [0.05, 0.1) is 0 Å². The molecule has 1 nitrogen and oxygen atoms in total. The number of allylic oxidation sites excluding steroid dienone is 2. The molecular formula is C12H15N. The Labute approximate surface area is 78.9 Å². The third kappa shape index (κ3) is 0.822. The zero-order valence-electron chi connectivity index (χ0n) is 8.17. The second-order valence-electron chi connectivity index (χ2n) is 5.03. The quantitative estimate of drug-likeness (QED) is 0.580. The standard InChI is InChI=1S/C12H15N/c1-12(2)5-8-3-4-11(12)10-7-13-6-9(8)10/h3-4,6-8,11,13H,5H2,1-2H3. The highest BCUT2D eigenvalue weighted by Gasteiger charge is 2.41. The van der Waals surface area contributed by atoms with Crippen LogP contribution in [-0.4, -0.2) is 4.98 Å². The van der Waals surface area contributed by atoms with Crippen LogP contribution in [0.1, 0.15) is 43.2 Å². The van der Waals surface area contributed by atoms with Crippen molar-refractivity contribution in [2.45, 2.75) is 32.1 Å². The van der Waals surface area contributed by atoms with Crippen LogP contribution in [-0.2, 0) is 0 Å². The van der Waals surface area contributed by atoms with Crippen LogP contribution < -0.4 is 0 Å². The molecule has 1 N–H and O–H groups in total. The van der Waals surface area contributed by atoms with Gasteiger partial charge in [-0.15, -0.1) is 0 Å². The molecule has 4 rings (SSSR count). The van der Waals surface area contributed by atoms with Gasteiger partial charge in [0.15, 0.2) is 0 Å². The Hall–Kier alpha value is -0.980. The first-order valence-electron chi connectivity index (χ1n) is 5.03. The Morgan fingerprint density at radius 1 is 1.23 bits per heavy atom. The minimum atomic E-state index is 0.453. The summed E-state index contributed by atoms with van der Waals surface area (Å²) in [5, 5.41) is 0. The van der Waals surface area contributed by atoms with Gasteiger partial charge >= 0.3 is 0 Å². The molecule has 0 fully saturated rings. The Bertz CT molecular complexity index is 370. The normalized spacial score (nSPS) is 33.4. The number of H-pyrrole nitrogens is 1. The van der Waals surface area contributed by atoms with Crippen LogP contribution in [0.2, 0.25) is 0 Å². The summed E-state index contributed by atoms with van der Waals surface area (Å²) in [5.74, 6) is 1.31. The van der Waals surface area contributed by atoms with Crippen molar-refractivity contribution in [3.8, 4) is 0 Å². The van der Waals surface area contributed by atoms with E-state index in [2.05, 4.69) is 43.4 Å². The van der Waals surface area contributed by atoms with Crippen molar-refractivity contribution in [3.63, 3.8) is 0 Å². The molecule has 0 aromatic carbocycles. The number of nitrogens with one attached hydrogen (secondary N) is 1. The van der Waals surface area contributed by atoms with Crippen LogP contribution in [0.5, 0.6) is 0 Å². The number of fused-ring (bicyclic) bond motifs is 1. The van der Waals surface area contributed by atoms with E-state index in [0.29, 0.717) is 17.3 Å². The molecule has 0 spiro atoms. The van der Waals surface area contributed by atoms with Crippen molar-refractivity contribution in [1.29, 1.82) is 0 Å². The van der Waals surface area contributed by atoms with Gasteiger partial charge in [-0.05, 0) is 23.0 Å². The van der Waals surface area contributed by atoms with E-state index in [0.717, 1.165) is 0 Å². The van der Waals surface area contributed by atoms with E-state index in [1.807, 2.05) is 0 Å². The summed E-state index contributed by atoms with van der Waals surface area (Å²) in [6.07, 6.45) is 10.4. The van der Waals surface area contributed by atoms with Gasteiger partial charge in [0.2, 0.25) is 0 Å². The van der Waals surface area contributed by atoms with Crippen LogP contribution >= 0.6 is 0 Å². The average Bonchev–Trinajstić information content (AvgIpc) is 2.51. The number of rotatable bonds is 0. The monoisotopic (exact) mass is 173 g/mol. The lowest BCUT2D eigenvalue weighted by Crippen LogP contribution is -2.31. The molecule has 1 heteroatoms. The second-order valence-corrected chi connectivity index (χ2v) is 5.03. The van der Waals surface area contributed by atoms with Crippen LogP contribution in [0, 0.1) is 5.41 Å². The third-order valence-electron chi connectivity index (χ3n) is 3.67. The smallest absolute Gasteiger partial charge is 0.00876 e. The maximum atomic E-state index is 3.24. The maximum Gasteiger partial charge on any atom is 0.00876 e. The molecule has 13 heavy (non-hydrogen) atoms. The van der Waals surface area contributed by atoms with E-state index in [1.165, 1.54) is 17.5 Å². The highest BCUT2D eigenvalue weighted by molar-refractivity contribution is 5.44. The predicted molar refractivity (Wildman–Crippen MR) is 53.8 cm³/mol. The van der Waals surface area contributed by atoms with Crippen LogP contribution in [0.15, 0.2) is 24.5 Å². The largest absolute Gasteiger partial charge is 0.367 e.